The summed E-state index contributed by atoms with van der Waals surface area (Å²) in [4.78, 5) is 13.7. The molecule has 0 aliphatic carbocycles. The fraction of sp³-hybridized carbons (Fsp3) is 0.250. The molecule has 0 fully saturated rings. The van der Waals surface area contributed by atoms with Gasteiger partial charge in [0.2, 0.25) is 0 Å². The summed E-state index contributed by atoms with van der Waals surface area (Å²) in [5, 5.41) is 9.49. The zero-order chi connectivity index (χ0) is 12.6. The normalized spacial score (nSPS) is 12.9. The highest BCUT2D eigenvalue weighted by Gasteiger charge is 2.16. The van der Waals surface area contributed by atoms with Crippen LogP contribution in [0.5, 0.6) is 0 Å². The minimum atomic E-state index is -1.06. The third-order valence-electron chi connectivity index (χ3n) is 2.88. The molecule has 0 aliphatic heterocycles. The van der Waals surface area contributed by atoms with Crippen LogP contribution in [0.3, 0.4) is 0 Å². The van der Waals surface area contributed by atoms with E-state index in [1.54, 1.807) is 19.2 Å². The number of aromatic amines is 1. The van der Waals surface area contributed by atoms with E-state index in [-0.39, 0.29) is 12.2 Å². The number of nitrogens with one attached hydrogen (secondary N) is 1. The maximum Gasteiger partial charge on any atom is 0.320 e. The highest BCUT2D eigenvalue weighted by molar-refractivity contribution is 5.87. The lowest BCUT2D eigenvalue weighted by atomic mass is 10.0. The maximum atomic E-state index is 13.4. The zero-order valence-corrected chi connectivity index (χ0v) is 9.33. The maximum absolute atomic E-state index is 13.4. The fourth-order valence-corrected chi connectivity index (χ4v) is 1.94. The predicted octanol–water partition coefficient (Wildman–Crippen LogP) is 1.57. The Morgan fingerprint density at radius 2 is 2.29 bits per heavy atom. The first-order valence-electron chi connectivity index (χ1n) is 5.24. The van der Waals surface area contributed by atoms with Crippen LogP contribution < -0.4 is 5.73 Å². The molecule has 0 bridgehead atoms. The van der Waals surface area contributed by atoms with Gasteiger partial charge in [0.25, 0.3) is 0 Å². The van der Waals surface area contributed by atoms with Crippen molar-refractivity contribution < 1.29 is 14.3 Å². The minimum absolute atomic E-state index is 0.180. The van der Waals surface area contributed by atoms with Crippen molar-refractivity contribution in [3.05, 3.63) is 35.3 Å². The van der Waals surface area contributed by atoms with E-state index < -0.39 is 12.0 Å². The fourth-order valence-electron chi connectivity index (χ4n) is 1.94. The third-order valence-corrected chi connectivity index (χ3v) is 2.88. The molecule has 0 saturated heterocycles. The summed E-state index contributed by atoms with van der Waals surface area (Å²) in [5.74, 6) is -1.37. The molecule has 1 heterocycles. The molecular weight excluding hydrogens is 223 g/mol. The average molecular weight is 236 g/mol. The number of carbonyl (C=O) groups is 1. The first kappa shape index (κ1) is 11.6. The Labute approximate surface area is 97.2 Å². The van der Waals surface area contributed by atoms with E-state index in [1.807, 2.05) is 0 Å². The Balaban J connectivity index is 2.48. The van der Waals surface area contributed by atoms with Crippen molar-refractivity contribution >= 4 is 16.9 Å². The molecule has 0 aliphatic rings. The summed E-state index contributed by atoms with van der Waals surface area (Å²) in [7, 11) is 0. The van der Waals surface area contributed by atoms with Gasteiger partial charge >= 0.3 is 5.97 Å². The van der Waals surface area contributed by atoms with Gasteiger partial charge < -0.3 is 15.8 Å². The van der Waals surface area contributed by atoms with Crippen LogP contribution in [0.25, 0.3) is 10.9 Å². The van der Waals surface area contributed by atoms with Gasteiger partial charge in [-0.15, -0.1) is 0 Å². The standard InChI is InChI=1S/C12H13FN2O2/c1-6-8(13)2-3-10-11(6)7(5-15-10)4-9(14)12(16)17/h2-3,5,9,15H,4,14H2,1H3,(H,16,17)/t9-/m0/s1. The van der Waals surface area contributed by atoms with Crippen molar-refractivity contribution in [1.29, 1.82) is 0 Å². The van der Waals surface area contributed by atoms with Crippen molar-refractivity contribution in [2.24, 2.45) is 5.73 Å². The van der Waals surface area contributed by atoms with Gasteiger partial charge in [-0.1, -0.05) is 0 Å². The van der Waals surface area contributed by atoms with E-state index in [1.165, 1.54) is 6.07 Å². The van der Waals surface area contributed by atoms with Crippen molar-refractivity contribution in [2.75, 3.05) is 0 Å². The van der Waals surface area contributed by atoms with Crippen LogP contribution in [0.2, 0.25) is 0 Å². The van der Waals surface area contributed by atoms with Crippen LogP contribution in [0.1, 0.15) is 11.1 Å². The molecule has 1 aromatic carbocycles. The quantitative estimate of drug-likeness (QED) is 0.756. The molecule has 90 valence electrons. The van der Waals surface area contributed by atoms with Crippen molar-refractivity contribution in [3.63, 3.8) is 0 Å². The molecule has 17 heavy (non-hydrogen) atoms. The number of carboxylic acids is 1. The second-order valence-electron chi connectivity index (χ2n) is 4.06. The number of aliphatic carboxylic acids is 1. The molecule has 4 nitrogen and oxygen atoms in total. The Morgan fingerprint density at radius 1 is 1.59 bits per heavy atom. The Hall–Kier alpha value is -1.88. The summed E-state index contributed by atoms with van der Waals surface area (Å²) in [6.45, 7) is 1.67. The number of benzene rings is 1. The largest absolute Gasteiger partial charge is 0.480 e. The van der Waals surface area contributed by atoms with Gasteiger partial charge in [-0.2, -0.15) is 0 Å². The van der Waals surface area contributed by atoms with Crippen LogP contribution in [-0.4, -0.2) is 22.1 Å². The third kappa shape index (κ3) is 2.01. The van der Waals surface area contributed by atoms with Gasteiger partial charge in [-0.05, 0) is 30.2 Å². The van der Waals surface area contributed by atoms with Gasteiger partial charge in [0.1, 0.15) is 11.9 Å². The lowest BCUT2D eigenvalue weighted by Crippen LogP contribution is -2.32. The van der Waals surface area contributed by atoms with Crippen molar-refractivity contribution in [3.8, 4) is 0 Å². The highest BCUT2D eigenvalue weighted by Crippen LogP contribution is 2.25. The smallest absolute Gasteiger partial charge is 0.320 e. The summed E-state index contributed by atoms with van der Waals surface area (Å²) >= 11 is 0. The van der Waals surface area contributed by atoms with E-state index in [4.69, 9.17) is 10.8 Å². The molecule has 1 aromatic heterocycles. The summed E-state index contributed by atoms with van der Waals surface area (Å²) in [5.41, 5.74) is 7.51. The number of rotatable bonds is 3. The molecule has 5 heteroatoms. The molecule has 2 rings (SSSR count). The second-order valence-corrected chi connectivity index (χ2v) is 4.06. The molecule has 0 radical (unpaired) electrons. The first-order valence-corrected chi connectivity index (χ1v) is 5.24. The Kier molecular flexibility index (Phi) is 2.85. The molecular formula is C12H13FN2O2. The highest BCUT2D eigenvalue weighted by atomic mass is 19.1. The number of hydrogen-bond donors (Lipinski definition) is 3. The molecule has 4 N–H and O–H groups in total. The number of aryl methyl sites for hydroxylation is 1. The number of hydrogen-bond acceptors (Lipinski definition) is 2. The van der Waals surface area contributed by atoms with E-state index in [0.717, 1.165) is 16.5 Å². The summed E-state index contributed by atoms with van der Waals surface area (Å²) in [6, 6.07) is 2.04. The topological polar surface area (TPSA) is 79.1 Å². The lowest BCUT2D eigenvalue weighted by Gasteiger charge is -2.06. The summed E-state index contributed by atoms with van der Waals surface area (Å²) in [6.07, 6.45) is 1.86. The molecule has 1 atom stereocenters. The first-order chi connectivity index (χ1) is 8.00. The van der Waals surface area contributed by atoms with Crippen molar-refractivity contribution in [1.82, 2.24) is 4.98 Å². The molecule has 0 amide bonds. The minimum Gasteiger partial charge on any atom is -0.480 e. The van der Waals surface area contributed by atoms with E-state index >= 15 is 0 Å². The van der Waals surface area contributed by atoms with Crippen molar-refractivity contribution in [2.45, 2.75) is 19.4 Å². The zero-order valence-electron chi connectivity index (χ0n) is 9.33. The average Bonchev–Trinajstić information content (AvgIpc) is 2.67. The molecule has 0 saturated carbocycles. The van der Waals surface area contributed by atoms with Crippen LogP contribution in [0.4, 0.5) is 4.39 Å². The Bertz CT molecular complexity index is 577. The number of halogens is 1. The number of H-pyrrole nitrogens is 1. The van der Waals surface area contributed by atoms with Gasteiger partial charge in [0, 0.05) is 23.5 Å². The molecule has 0 spiro atoms. The lowest BCUT2D eigenvalue weighted by molar-refractivity contribution is -0.138. The van der Waals surface area contributed by atoms with Crippen LogP contribution >= 0.6 is 0 Å². The number of fused-ring (bicyclic) bond motifs is 1. The second kappa shape index (κ2) is 4.18. The van der Waals surface area contributed by atoms with Crippen LogP contribution in [0, 0.1) is 12.7 Å². The SMILES string of the molecule is Cc1c(F)ccc2[nH]cc(C[C@H](N)C(=O)O)c12. The Morgan fingerprint density at radius 3 is 2.94 bits per heavy atom. The predicted molar refractivity (Wildman–Crippen MR) is 62.3 cm³/mol. The van der Waals surface area contributed by atoms with Gasteiger partial charge in [-0.3, -0.25) is 4.79 Å². The van der Waals surface area contributed by atoms with E-state index in [2.05, 4.69) is 4.98 Å². The number of carboxylic acid groups (broad SMARTS) is 1. The number of aromatic nitrogens is 1. The van der Waals surface area contributed by atoms with Gasteiger partial charge in [0.05, 0.1) is 0 Å². The van der Waals surface area contributed by atoms with Gasteiger partial charge in [0.15, 0.2) is 0 Å². The molecule has 0 unspecified atom stereocenters. The van der Waals surface area contributed by atoms with Gasteiger partial charge in [-0.25, -0.2) is 4.39 Å². The summed E-state index contributed by atoms with van der Waals surface area (Å²) < 4.78 is 13.4. The molecule has 2 aromatic rings. The van der Waals surface area contributed by atoms with E-state index in [9.17, 15) is 9.18 Å². The monoisotopic (exact) mass is 236 g/mol. The van der Waals surface area contributed by atoms with Crippen LogP contribution in [-0.2, 0) is 11.2 Å². The number of nitrogens with two attached hydrogens (primary N) is 1. The van der Waals surface area contributed by atoms with E-state index in [0.29, 0.717) is 5.56 Å². The van der Waals surface area contributed by atoms with Crippen LogP contribution in [0.15, 0.2) is 18.3 Å².